The number of hydrogen-bond donors (Lipinski definition) is 1. The van der Waals surface area contributed by atoms with Crippen molar-refractivity contribution in [1.29, 1.82) is 0 Å². The maximum atomic E-state index is 12.4. The highest BCUT2D eigenvalue weighted by molar-refractivity contribution is 7.89. The van der Waals surface area contributed by atoms with Crippen LogP contribution in [0, 0.1) is 5.92 Å². The molecule has 1 heterocycles. The third kappa shape index (κ3) is 5.32. The van der Waals surface area contributed by atoms with Gasteiger partial charge in [-0.25, -0.2) is 13.6 Å². The number of fused-ring (bicyclic) bond motifs is 1. The molecule has 1 aliphatic heterocycles. The summed E-state index contributed by atoms with van der Waals surface area (Å²) in [6, 6.07) is 4.46. The highest BCUT2D eigenvalue weighted by Crippen LogP contribution is 2.30. The van der Waals surface area contributed by atoms with E-state index in [0.717, 1.165) is 24.3 Å². The van der Waals surface area contributed by atoms with Gasteiger partial charge in [-0.05, 0) is 48.9 Å². The van der Waals surface area contributed by atoms with E-state index in [-0.39, 0.29) is 23.4 Å². The van der Waals surface area contributed by atoms with Gasteiger partial charge in [0.05, 0.1) is 4.90 Å². The van der Waals surface area contributed by atoms with Crippen molar-refractivity contribution < 1.29 is 22.7 Å². The van der Waals surface area contributed by atoms with Crippen molar-refractivity contribution in [3.63, 3.8) is 0 Å². The van der Waals surface area contributed by atoms with Crippen LogP contribution >= 0.6 is 0 Å². The van der Waals surface area contributed by atoms with Crippen molar-refractivity contribution in [3.05, 3.63) is 23.8 Å². The number of benzene rings is 1. The molecule has 1 aromatic rings. The summed E-state index contributed by atoms with van der Waals surface area (Å²) in [5.74, 6) is 0.0856. The summed E-state index contributed by atoms with van der Waals surface area (Å²) in [6.07, 6.45) is 9.17. The Morgan fingerprint density at radius 3 is 2.64 bits per heavy atom. The number of rotatable bonds is 7. The minimum atomic E-state index is -3.77. The third-order valence-corrected chi connectivity index (χ3v) is 6.56. The van der Waals surface area contributed by atoms with Crippen molar-refractivity contribution in [1.82, 2.24) is 0 Å². The third-order valence-electron chi connectivity index (χ3n) is 5.65. The van der Waals surface area contributed by atoms with E-state index in [4.69, 9.17) is 9.88 Å². The number of nitrogens with two attached hydrogens (primary N) is 1. The Hall–Kier alpha value is -1.93. The molecule has 0 unspecified atom stereocenters. The minimum Gasteiger partial charge on any atom is -0.456 e. The Kier molecular flexibility index (Phi) is 6.72. The highest BCUT2D eigenvalue weighted by Gasteiger charge is 2.26. The van der Waals surface area contributed by atoms with Gasteiger partial charge in [0.2, 0.25) is 10.0 Å². The first kappa shape index (κ1) is 20.8. The van der Waals surface area contributed by atoms with E-state index >= 15 is 0 Å². The fourth-order valence-corrected chi connectivity index (χ4v) is 4.68. The fourth-order valence-electron chi connectivity index (χ4n) is 4.12. The van der Waals surface area contributed by atoms with Crippen molar-refractivity contribution in [3.8, 4) is 0 Å². The molecule has 1 fully saturated rings. The minimum absolute atomic E-state index is 0.0324. The molecular weight excluding hydrogens is 380 g/mol. The normalized spacial score (nSPS) is 17.4. The second kappa shape index (κ2) is 9.05. The summed E-state index contributed by atoms with van der Waals surface area (Å²) in [5, 5.41) is 5.15. The number of carbonyl (C=O) groups excluding carboxylic acids is 2. The van der Waals surface area contributed by atoms with Crippen LogP contribution in [-0.2, 0) is 30.8 Å². The van der Waals surface area contributed by atoms with Crippen LogP contribution in [-0.4, -0.2) is 33.4 Å². The van der Waals surface area contributed by atoms with Crippen LogP contribution in [0.2, 0.25) is 0 Å². The van der Waals surface area contributed by atoms with Gasteiger partial charge in [-0.1, -0.05) is 32.1 Å². The van der Waals surface area contributed by atoms with Gasteiger partial charge in [-0.3, -0.25) is 9.59 Å². The van der Waals surface area contributed by atoms with Gasteiger partial charge < -0.3 is 9.64 Å². The maximum absolute atomic E-state index is 12.4. The fraction of sp³-hybridized carbons (Fsp3) is 0.600. The molecule has 0 atom stereocenters. The number of ether oxygens (including phenoxy) is 1. The molecule has 0 radical (unpaired) electrons. The molecule has 7 nitrogen and oxygen atoms in total. The Morgan fingerprint density at radius 2 is 1.93 bits per heavy atom. The standard InChI is InChI=1S/C20H28N2O5S/c21-28(25,26)17-9-10-18-16(13-17)11-12-22(18)19(23)14-27-20(24)8-4-7-15-5-2-1-3-6-15/h9-10,13,15H,1-8,11-12,14H2,(H2,21,25,26). The molecule has 1 saturated carbocycles. The van der Waals surface area contributed by atoms with E-state index in [9.17, 15) is 18.0 Å². The molecule has 1 aromatic carbocycles. The van der Waals surface area contributed by atoms with Crippen LogP contribution in [0.1, 0.15) is 56.9 Å². The largest absolute Gasteiger partial charge is 0.456 e. The maximum Gasteiger partial charge on any atom is 0.306 e. The first-order chi connectivity index (χ1) is 13.3. The van der Waals surface area contributed by atoms with E-state index in [2.05, 4.69) is 0 Å². The molecule has 0 saturated heterocycles. The molecular formula is C20H28N2O5S. The van der Waals surface area contributed by atoms with E-state index < -0.39 is 10.0 Å². The summed E-state index contributed by atoms with van der Waals surface area (Å²) >= 11 is 0. The number of carbonyl (C=O) groups is 2. The molecule has 2 aliphatic rings. The van der Waals surface area contributed by atoms with E-state index in [1.54, 1.807) is 6.07 Å². The summed E-state index contributed by atoms with van der Waals surface area (Å²) in [5.41, 5.74) is 1.39. The van der Waals surface area contributed by atoms with Gasteiger partial charge in [0.25, 0.3) is 5.91 Å². The predicted molar refractivity (Wildman–Crippen MR) is 105 cm³/mol. The van der Waals surface area contributed by atoms with Gasteiger partial charge in [0.1, 0.15) is 0 Å². The van der Waals surface area contributed by atoms with Gasteiger partial charge in [-0.15, -0.1) is 0 Å². The zero-order chi connectivity index (χ0) is 20.1. The van der Waals surface area contributed by atoms with Crippen LogP contribution in [0.5, 0.6) is 0 Å². The first-order valence-corrected chi connectivity index (χ1v) is 11.5. The Labute approximate surface area is 166 Å². The van der Waals surface area contributed by atoms with Crippen LogP contribution in [0.4, 0.5) is 5.69 Å². The first-order valence-electron chi connectivity index (χ1n) is 9.96. The molecule has 2 N–H and O–H groups in total. The SMILES string of the molecule is NS(=O)(=O)c1ccc2c(c1)CCN2C(=O)COC(=O)CCCC1CCCCC1. The lowest BCUT2D eigenvalue weighted by Gasteiger charge is -2.21. The average molecular weight is 409 g/mol. The highest BCUT2D eigenvalue weighted by atomic mass is 32.2. The zero-order valence-corrected chi connectivity index (χ0v) is 16.9. The number of sulfonamides is 1. The number of amides is 1. The van der Waals surface area contributed by atoms with Crippen molar-refractivity contribution in [2.75, 3.05) is 18.1 Å². The summed E-state index contributed by atoms with van der Waals surface area (Å²) in [7, 11) is -3.77. The topological polar surface area (TPSA) is 107 Å². The van der Waals surface area contributed by atoms with Crippen molar-refractivity contribution in [2.24, 2.45) is 11.1 Å². The quantitative estimate of drug-likeness (QED) is 0.698. The molecule has 8 heteroatoms. The smallest absolute Gasteiger partial charge is 0.306 e. The Morgan fingerprint density at radius 1 is 1.18 bits per heavy atom. The number of primary sulfonamides is 1. The van der Waals surface area contributed by atoms with E-state index in [1.807, 2.05) is 0 Å². The lowest BCUT2D eigenvalue weighted by Crippen LogP contribution is -2.33. The van der Waals surface area contributed by atoms with Crippen LogP contribution < -0.4 is 10.0 Å². The molecule has 0 aromatic heterocycles. The van der Waals surface area contributed by atoms with Crippen LogP contribution in [0.3, 0.4) is 0 Å². The molecule has 154 valence electrons. The lowest BCUT2D eigenvalue weighted by molar-refractivity contribution is -0.148. The van der Waals surface area contributed by atoms with Crippen molar-refractivity contribution in [2.45, 2.75) is 62.7 Å². The summed E-state index contributed by atoms with van der Waals surface area (Å²) < 4.78 is 28.1. The predicted octanol–water partition coefficient (Wildman–Crippen LogP) is 2.52. The summed E-state index contributed by atoms with van der Waals surface area (Å²) in [4.78, 5) is 25.9. The molecule has 0 bridgehead atoms. The van der Waals surface area contributed by atoms with Gasteiger partial charge >= 0.3 is 5.97 Å². The number of nitrogens with zero attached hydrogens (tertiary/aromatic N) is 1. The van der Waals surface area contributed by atoms with Gasteiger partial charge in [0, 0.05) is 18.7 Å². The number of hydrogen-bond acceptors (Lipinski definition) is 5. The van der Waals surface area contributed by atoms with Crippen LogP contribution in [0.25, 0.3) is 0 Å². The number of anilines is 1. The van der Waals surface area contributed by atoms with Gasteiger partial charge in [0.15, 0.2) is 6.61 Å². The second-order valence-corrected chi connectivity index (χ2v) is 9.25. The Balaban J connectivity index is 1.45. The second-order valence-electron chi connectivity index (χ2n) is 7.69. The van der Waals surface area contributed by atoms with Crippen LogP contribution in [0.15, 0.2) is 23.1 Å². The number of esters is 1. The zero-order valence-electron chi connectivity index (χ0n) is 16.1. The molecule has 3 rings (SSSR count). The monoisotopic (exact) mass is 408 g/mol. The molecule has 28 heavy (non-hydrogen) atoms. The van der Waals surface area contributed by atoms with Gasteiger partial charge in [-0.2, -0.15) is 0 Å². The van der Waals surface area contributed by atoms with E-state index in [0.29, 0.717) is 25.1 Å². The van der Waals surface area contributed by atoms with Crippen molar-refractivity contribution >= 4 is 27.6 Å². The Bertz CT molecular complexity index is 831. The molecule has 1 amide bonds. The molecule has 0 spiro atoms. The van der Waals surface area contributed by atoms with E-state index in [1.165, 1.54) is 49.1 Å². The lowest BCUT2D eigenvalue weighted by atomic mass is 9.86. The molecule has 1 aliphatic carbocycles. The summed E-state index contributed by atoms with van der Waals surface area (Å²) in [6.45, 7) is 0.139. The average Bonchev–Trinajstić information content (AvgIpc) is 3.09.